The normalized spacial score (nSPS) is 24.3. The number of hydrogen-bond donors (Lipinski definition) is 3. The summed E-state index contributed by atoms with van der Waals surface area (Å²) in [7, 11) is 0. The maximum atomic E-state index is 9.97. The summed E-state index contributed by atoms with van der Waals surface area (Å²) in [4.78, 5) is 0. The van der Waals surface area contributed by atoms with Crippen LogP contribution in [0.15, 0.2) is 37.0 Å². The molecule has 1 saturated carbocycles. The van der Waals surface area contributed by atoms with E-state index < -0.39 is 18.3 Å². The van der Waals surface area contributed by atoms with Crippen LogP contribution < -0.4 is 0 Å². The summed E-state index contributed by atoms with van der Waals surface area (Å²) < 4.78 is 0. The summed E-state index contributed by atoms with van der Waals surface area (Å²) >= 11 is 0. The third kappa shape index (κ3) is 8.20. The molecule has 0 spiro atoms. The van der Waals surface area contributed by atoms with Crippen molar-refractivity contribution in [2.24, 2.45) is 11.8 Å². The maximum absolute atomic E-state index is 9.97. The molecule has 150 valence electrons. The minimum absolute atomic E-state index is 0.422. The van der Waals surface area contributed by atoms with Gasteiger partial charge in [0, 0.05) is 0 Å². The Morgan fingerprint density at radius 3 is 2.62 bits per heavy atom. The summed E-state index contributed by atoms with van der Waals surface area (Å²) in [5, 5.41) is 29.1. The molecule has 3 nitrogen and oxygen atoms in total. The molecule has 0 radical (unpaired) electrons. The van der Waals surface area contributed by atoms with Crippen LogP contribution in [0.3, 0.4) is 0 Å². The second kappa shape index (κ2) is 13.3. The van der Waals surface area contributed by atoms with Crippen molar-refractivity contribution in [3.8, 4) is 0 Å². The monoisotopic (exact) mass is 364 g/mol. The Balaban J connectivity index is 2.27. The van der Waals surface area contributed by atoms with Crippen LogP contribution in [0.4, 0.5) is 0 Å². The van der Waals surface area contributed by atoms with Crippen molar-refractivity contribution in [3.63, 3.8) is 0 Å². The van der Waals surface area contributed by atoms with Gasteiger partial charge in [0.2, 0.25) is 0 Å². The van der Waals surface area contributed by atoms with Gasteiger partial charge < -0.3 is 15.3 Å². The number of hydrogen-bond acceptors (Lipinski definition) is 3. The number of unbranched alkanes of at least 4 members (excludes halogenated alkanes) is 4. The molecule has 0 aromatic carbocycles. The molecule has 0 heterocycles. The number of aliphatic hydroxyl groups is 3. The van der Waals surface area contributed by atoms with Gasteiger partial charge in [-0.05, 0) is 56.8 Å². The zero-order valence-corrected chi connectivity index (χ0v) is 16.7. The topological polar surface area (TPSA) is 60.7 Å². The van der Waals surface area contributed by atoms with E-state index in [1.165, 1.54) is 57.4 Å². The Morgan fingerprint density at radius 1 is 1.12 bits per heavy atom. The van der Waals surface area contributed by atoms with Gasteiger partial charge in [-0.25, -0.2) is 0 Å². The molecule has 0 aliphatic heterocycles. The third-order valence-electron chi connectivity index (χ3n) is 5.72. The molecular formula is C23H40O3. The van der Waals surface area contributed by atoms with Crippen molar-refractivity contribution in [2.45, 2.75) is 89.3 Å². The average Bonchev–Trinajstić information content (AvgIpc) is 3.10. The van der Waals surface area contributed by atoms with E-state index in [4.69, 9.17) is 5.11 Å². The fraction of sp³-hybridized carbons (Fsp3) is 0.739. The standard InChI is InChI=1S/C23H40O3/c1-3-5-6-7-8-10-14-20-16-13-17-21(20)15-11-9-12-18-22(25)23(26,4-2)19-24/h4,9-11,14,20-22,24-26H,2-3,5-8,12-13,15-19H2,1H3/b11-9-,14-10+/t20-,21-,22?,23?/m0/s1. The maximum Gasteiger partial charge on any atom is 0.131 e. The lowest BCUT2D eigenvalue weighted by molar-refractivity contribution is -0.0731. The molecule has 0 aromatic heterocycles. The van der Waals surface area contributed by atoms with E-state index in [0.29, 0.717) is 12.8 Å². The molecule has 1 rings (SSSR count). The van der Waals surface area contributed by atoms with Gasteiger partial charge in [0.1, 0.15) is 5.60 Å². The Morgan fingerprint density at radius 2 is 1.92 bits per heavy atom. The molecular weight excluding hydrogens is 324 g/mol. The summed E-state index contributed by atoms with van der Waals surface area (Å²) in [6.45, 7) is 5.23. The first-order valence-electron chi connectivity index (χ1n) is 10.5. The highest BCUT2D eigenvalue weighted by Gasteiger charge is 2.30. The number of rotatable bonds is 14. The smallest absolute Gasteiger partial charge is 0.131 e. The second-order valence-corrected chi connectivity index (χ2v) is 7.79. The summed E-state index contributed by atoms with van der Waals surface area (Å²) in [6, 6.07) is 0. The quantitative estimate of drug-likeness (QED) is 0.303. The van der Waals surface area contributed by atoms with E-state index in [2.05, 4.69) is 37.8 Å². The molecule has 2 unspecified atom stereocenters. The molecule has 0 amide bonds. The van der Waals surface area contributed by atoms with Gasteiger partial charge in [-0.1, -0.05) is 63.0 Å². The first-order valence-corrected chi connectivity index (χ1v) is 10.5. The van der Waals surface area contributed by atoms with E-state index >= 15 is 0 Å². The molecule has 1 aliphatic carbocycles. The van der Waals surface area contributed by atoms with Crippen molar-refractivity contribution >= 4 is 0 Å². The van der Waals surface area contributed by atoms with Gasteiger partial charge in [-0.3, -0.25) is 0 Å². The number of allylic oxidation sites excluding steroid dienone is 4. The third-order valence-corrected chi connectivity index (χ3v) is 5.72. The van der Waals surface area contributed by atoms with E-state index in [0.717, 1.165) is 18.3 Å². The lowest BCUT2D eigenvalue weighted by Crippen LogP contribution is -2.43. The van der Waals surface area contributed by atoms with E-state index in [1.807, 2.05) is 0 Å². The highest BCUT2D eigenvalue weighted by molar-refractivity contribution is 5.02. The van der Waals surface area contributed by atoms with Gasteiger partial charge in [0.05, 0.1) is 12.7 Å². The van der Waals surface area contributed by atoms with Crippen molar-refractivity contribution in [1.29, 1.82) is 0 Å². The highest BCUT2D eigenvalue weighted by atomic mass is 16.4. The van der Waals surface area contributed by atoms with Crippen LogP contribution in [-0.2, 0) is 0 Å². The summed E-state index contributed by atoms with van der Waals surface area (Å²) in [5.74, 6) is 1.46. The van der Waals surface area contributed by atoms with E-state index in [-0.39, 0.29) is 0 Å². The minimum atomic E-state index is -1.59. The first kappa shape index (κ1) is 23.1. The molecule has 1 fully saturated rings. The van der Waals surface area contributed by atoms with Crippen LogP contribution >= 0.6 is 0 Å². The van der Waals surface area contributed by atoms with E-state index in [9.17, 15) is 10.2 Å². The summed E-state index contributed by atoms with van der Waals surface area (Å²) in [6.07, 6.45) is 22.1. The van der Waals surface area contributed by atoms with Crippen molar-refractivity contribution in [2.75, 3.05) is 6.61 Å². The Labute approximate surface area is 160 Å². The largest absolute Gasteiger partial charge is 0.393 e. The van der Waals surface area contributed by atoms with Gasteiger partial charge in [0.25, 0.3) is 0 Å². The van der Waals surface area contributed by atoms with Crippen LogP contribution in [0.25, 0.3) is 0 Å². The second-order valence-electron chi connectivity index (χ2n) is 7.79. The molecule has 0 bridgehead atoms. The van der Waals surface area contributed by atoms with Crippen LogP contribution in [0.2, 0.25) is 0 Å². The van der Waals surface area contributed by atoms with E-state index in [1.54, 1.807) is 0 Å². The Hall–Kier alpha value is -0.900. The van der Waals surface area contributed by atoms with Crippen LogP contribution in [0.5, 0.6) is 0 Å². The predicted octanol–water partition coefficient (Wildman–Crippen LogP) is 4.93. The van der Waals surface area contributed by atoms with Crippen molar-refractivity contribution in [3.05, 3.63) is 37.0 Å². The fourth-order valence-corrected chi connectivity index (χ4v) is 3.77. The molecule has 4 atom stereocenters. The molecule has 0 saturated heterocycles. The highest BCUT2D eigenvalue weighted by Crippen LogP contribution is 2.35. The zero-order valence-electron chi connectivity index (χ0n) is 16.7. The zero-order chi connectivity index (χ0) is 19.3. The summed E-state index contributed by atoms with van der Waals surface area (Å²) in [5.41, 5.74) is -1.59. The molecule has 3 heteroatoms. The lowest BCUT2D eigenvalue weighted by atomic mass is 9.91. The van der Waals surface area contributed by atoms with Gasteiger partial charge in [-0.2, -0.15) is 0 Å². The Kier molecular flexibility index (Phi) is 11.8. The van der Waals surface area contributed by atoms with Gasteiger partial charge in [0.15, 0.2) is 0 Å². The Bertz CT molecular complexity index is 429. The lowest BCUT2D eigenvalue weighted by Gasteiger charge is -2.27. The first-order chi connectivity index (χ1) is 12.6. The van der Waals surface area contributed by atoms with Crippen LogP contribution in [-0.4, -0.2) is 33.6 Å². The van der Waals surface area contributed by atoms with Crippen molar-refractivity contribution < 1.29 is 15.3 Å². The average molecular weight is 365 g/mol. The minimum Gasteiger partial charge on any atom is -0.393 e. The predicted molar refractivity (Wildman–Crippen MR) is 110 cm³/mol. The molecule has 26 heavy (non-hydrogen) atoms. The fourth-order valence-electron chi connectivity index (χ4n) is 3.77. The number of aliphatic hydroxyl groups excluding tert-OH is 2. The van der Waals surface area contributed by atoms with Gasteiger partial charge in [-0.15, -0.1) is 6.58 Å². The van der Waals surface area contributed by atoms with Gasteiger partial charge >= 0.3 is 0 Å². The molecule has 0 aromatic rings. The molecule has 3 N–H and O–H groups in total. The SMILES string of the molecule is C=CC(O)(CO)C(O)CC/C=C\C[C@H]1CCC[C@@H]1/C=C/CCCCCC. The van der Waals surface area contributed by atoms with Crippen LogP contribution in [0, 0.1) is 11.8 Å². The molecule has 1 aliphatic rings. The van der Waals surface area contributed by atoms with Crippen molar-refractivity contribution in [1.82, 2.24) is 0 Å². The van der Waals surface area contributed by atoms with Crippen LogP contribution in [0.1, 0.15) is 77.6 Å².